The maximum atomic E-state index is 11.3. The average Bonchev–Trinajstić information content (AvgIpc) is 2.20. The number of piperidine rings is 1. The van der Waals surface area contributed by atoms with E-state index in [1.807, 2.05) is 6.92 Å². The highest BCUT2D eigenvalue weighted by molar-refractivity contribution is 14.1. The molecule has 0 spiro atoms. The molecule has 0 saturated carbocycles. The van der Waals surface area contributed by atoms with Crippen molar-refractivity contribution in [2.24, 2.45) is 11.8 Å². The van der Waals surface area contributed by atoms with Crippen molar-refractivity contribution in [3.05, 3.63) is 12.2 Å². The Morgan fingerprint density at radius 1 is 1.67 bits per heavy atom. The van der Waals surface area contributed by atoms with E-state index in [-0.39, 0.29) is 5.97 Å². The smallest absolute Gasteiger partial charge is 0.305 e. The molecule has 0 bridgehead atoms. The number of hydrogen-bond acceptors (Lipinski definition) is 3. The van der Waals surface area contributed by atoms with Gasteiger partial charge in [-0.2, -0.15) is 0 Å². The molecule has 0 aromatic rings. The lowest BCUT2D eigenvalue weighted by molar-refractivity contribution is -0.142. The van der Waals surface area contributed by atoms with Crippen molar-refractivity contribution in [2.45, 2.75) is 19.8 Å². The summed E-state index contributed by atoms with van der Waals surface area (Å²) in [5.41, 5.74) is 1.17. The van der Waals surface area contributed by atoms with Crippen LogP contribution in [0.2, 0.25) is 0 Å². The minimum absolute atomic E-state index is 0.104. The standard InChI is InChI=1S/C11H18INO2/c1-8(2)10-7-13(12)5-4-9(10)6-11(14)15-3/h9-10H,1,4-7H2,2-3H3. The number of nitrogens with zero attached hydrogens (tertiary/aromatic N) is 1. The zero-order valence-electron chi connectivity index (χ0n) is 9.33. The van der Waals surface area contributed by atoms with E-state index in [4.69, 9.17) is 4.74 Å². The Balaban J connectivity index is 2.60. The molecule has 86 valence electrons. The molecule has 2 unspecified atom stereocenters. The van der Waals surface area contributed by atoms with Crippen LogP contribution in [0.15, 0.2) is 12.2 Å². The van der Waals surface area contributed by atoms with Crippen LogP contribution < -0.4 is 0 Å². The monoisotopic (exact) mass is 323 g/mol. The summed E-state index contributed by atoms with van der Waals surface area (Å²) in [6.07, 6.45) is 1.58. The predicted molar refractivity (Wildman–Crippen MR) is 68.6 cm³/mol. The van der Waals surface area contributed by atoms with Gasteiger partial charge in [-0.1, -0.05) is 12.2 Å². The maximum absolute atomic E-state index is 11.3. The van der Waals surface area contributed by atoms with Gasteiger partial charge in [0.05, 0.1) is 7.11 Å². The van der Waals surface area contributed by atoms with Crippen LogP contribution in [-0.4, -0.2) is 29.3 Å². The summed E-state index contributed by atoms with van der Waals surface area (Å²) < 4.78 is 6.99. The molecule has 0 radical (unpaired) electrons. The van der Waals surface area contributed by atoms with Crippen molar-refractivity contribution in [3.8, 4) is 0 Å². The molecule has 1 aliphatic heterocycles. The molecular formula is C11H18INO2. The molecule has 0 N–H and O–H groups in total. The minimum atomic E-state index is -0.104. The van der Waals surface area contributed by atoms with Gasteiger partial charge in [-0.15, -0.1) is 0 Å². The van der Waals surface area contributed by atoms with Crippen LogP contribution in [0, 0.1) is 11.8 Å². The molecular weight excluding hydrogens is 305 g/mol. The van der Waals surface area contributed by atoms with E-state index in [0.717, 1.165) is 19.5 Å². The zero-order valence-corrected chi connectivity index (χ0v) is 11.5. The number of carbonyl (C=O) groups excluding carboxylic acids is 1. The Morgan fingerprint density at radius 3 is 2.87 bits per heavy atom. The molecule has 0 aliphatic carbocycles. The van der Waals surface area contributed by atoms with Gasteiger partial charge < -0.3 is 4.74 Å². The maximum Gasteiger partial charge on any atom is 0.305 e. The second-order valence-electron chi connectivity index (χ2n) is 4.15. The molecule has 3 nitrogen and oxygen atoms in total. The second kappa shape index (κ2) is 5.84. The van der Waals surface area contributed by atoms with Gasteiger partial charge in [-0.25, -0.2) is 3.11 Å². The molecule has 1 saturated heterocycles. The van der Waals surface area contributed by atoms with Crippen molar-refractivity contribution in [1.29, 1.82) is 0 Å². The zero-order chi connectivity index (χ0) is 11.4. The fourth-order valence-electron chi connectivity index (χ4n) is 2.06. The highest BCUT2D eigenvalue weighted by atomic mass is 127. The summed E-state index contributed by atoms with van der Waals surface area (Å²) in [6.45, 7) is 8.11. The first-order chi connectivity index (χ1) is 7.04. The molecule has 0 amide bonds. The lowest BCUT2D eigenvalue weighted by atomic mass is 9.80. The molecule has 1 heterocycles. The van der Waals surface area contributed by atoms with E-state index < -0.39 is 0 Å². The molecule has 1 aliphatic rings. The second-order valence-corrected chi connectivity index (χ2v) is 5.52. The predicted octanol–water partition coefficient (Wildman–Crippen LogP) is 2.41. The molecule has 1 rings (SSSR count). The average molecular weight is 323 g/mol. The third kappa shape index (κ3) is 3.75. The minimum Gasteiger partial charge on any atom is -0.469 e. The van der Waals surface area contributed by atoms with Crippen molar-refractivity contribution >= 4 is 28.8 Å². The fourth-order valence-corrected chi connectivity index (χ4v) is 2.76. The molecule has 15 heavy (non-hydrogen) atoms. The van der Waals surface area contributed by atoms with E-state index in [1.54, 1.807) is 0 Å². The summed E-state index contributed by atoms with van der Waals surface area (Å²) in [5, 5.41) is 0. The van der Waals surface area contributed by atoms with Crippen LogP contribution in [0.25, 0.3) is 0 Å². The van der Waals surface area contributed by atoms with Crippen LogP contribution in [0.1, 0.15) is 19.8 Å². The number of carbonyl (C=O) groups is 1. The summed E-state index contributed by atoms with van der Waals surface area (Å²) in [6, 6.07) is 0. The van der Waals surface area contributed by atoms with E-state index in [0.29, 0.717) is 18.3 Å². The highest BCUT2D eigenvalue weighted by Gasteiger charge is 2.30. The van der Waals surface area contributed by atoms with Gasteiger partial charge in [0.15, 0.2) is 0 Å². The van der Waals surface area contributed by atoms with Gasteiger partial charge in [-0.05, 0) is 25.2 Å². The Labute approximate surface area is 105 Å². The SMILES string of the molecule is C=C(C)C1CN(I)CCC1CC(=O)OC. The lowest BCUT2D eigenvalue weighted by Gasteiger charge is -2.35. The topological polar surface area (TPSA) is 29.5 Å². The van der Waals surface area contributed by atoms with E-state index in [1.165, 1.54) is 12.7 Å². The van der Waals surface area contributed by atoms with E-state index >= 15 is 0 Å². The Hall–Kier alpha value is -0.100. The number of halogens is 1. The molecule has 0 aromatic carbocycles. The third-order valence-electron chi connectivity index (χ3n) is 3.00. The molecule has 2 atom stereocenters. The van der Waals surface area contributed by atoms with Gasteiger partial charge in [0.1, 0.15) is 0 Å². The van der Waals surface area contributed by atoms with Gasteiger partial charge >= 0.3 is 5.97 Å². The fraction of sp³-hybridized carbons (Fsp3) is 0.727. The lowest BCUT2D eigenvalue weighted by Crippen LogP contribution is -2.36. The summed E-state index contributed by atoms with van der Waals surface area (Å²) in [7, 11) is 1.45. The normalized spacial score (nSPS) is 27.4. The van der Waals surface area contributed by atoms with Crippen LogP contribution >= 0.6 is 22.9 Å². The van der Waals surface area contributed by atoms with Crippen molar-refractivity contribution < 1.29 is 9.53 Å². The quantitative estimate of drug-likeness (QED) is 0.346. The first-order valence-electron chi connectivity index (χ1n) is 5.17. The van der Waals surface area contributed by atoms with Crippen LogP contribution in [0.4, 0.5) is 0 Å². The van der Waals surface area contributed by atoms with E-state index in [2.05, 4.69) is 32.6 Å². The summed E-state index contributed by atoms with van der Waals surface area (Å²) in [5.74, 6) is 0.726. The highest BCUT2D eigenvalue weighted by Crippen LogP contribution is 2.32. The van der Waals surface area contributed by atoms with Crippen LogP contribution in [0.5, 0.6) is 0 Å². The Morgan fingerprint density at radius 2 is 2.33 bits per heavy atom. The van der Waals surface area contributed by atoms with Crippen LogP contribution in [-0.2, 0) is 9.53 Å². The van der Waals surface area contributed by atoms with E-state index in [9.17, 15) is 4.79 Å². The number of methoxy groups -OCH3 is 1. The van der Waals surface area contributed by atoms with Crippen molar-refractivity contribution in [2.75, 3.05) is 20.2 Å². The largest absolute Gasteiger partial charge is 0.469 e. The number of hydrogen-bond donors (Lipinski definition) is 0. The van der Waals surface area contributed by atoms with Crippen LogP contribution in [0.3, 0.4) is 0 Å². The summed E-state index contributed by atoms with van der Waals surface area (Å²) in [4.78, 5) is 11.3. The first kappa shape index (κ1) is 13.0. The summed E-state index contributed by atoms with van der Waals surface area (Å²) >= 11 is 2.33. The van der Waals surface area contributed by atoms with Gasteiger partial charge in [0.25, 0.3) is 0 Å². The number of ether oxygens (including phenoxy) is 1. The Kier molecular flexibility index (Phi) is 5.05. The third-order valence-corrected chi connectivity index (χ3v) is 3.87. The van der Waals surface area contributed by atoms with Gasteiger partial charge in [-0.3, -0.25) is 4.79 Å². The number of esters is 1. The molecule has 4 heteroatoms. The van der Waals surface area contributed by atoms with Crippen molar-refractivity contribution in [3.63, 3.8) is 0 Å². The number of rotatable bonds is 3. The molecule has 0 aromatic heterocycles. The van der Waals surface area contributed by atoms with Gasteiger partial charge in [0, 0.05) is 42.4 Å². The van der Waals surface area contributed by atoms with Gasteiger partial charge in [0.2, 0.25) is 0 Å². The Bertz CT molecular complexity index is 255. The molecule has 1 fully saturated rings. The first-order valence-corrected chi connectivity index (χ1v) is 6.14. The van der Waals surface area contributed by atoms with Crippen molar-refractivity contribution in [1.82, 2.24) is 3.11 Å².